The molecule has 0 aliphatic carbocycles. The summed E-state index contributed by atoms with van der Waals surface area (Å²) in [6.45, 7) is 12.5. The van der Waals surface area contributed by atoms with Crippen molar-refractivity contribution in [2.24, 2.45) is 0 Å². The lowest BCUT2D eigenvalue weighted by Gasteiger charge is -2.21. The van der Waals surface area contributed by atoms with Crippen LogP contribution in [0.25, 0.3) is 0 Å². The summed E-state index contributed by atoms with van der Waals surface area (Å²) in [4.78, 5) is 20.8. The van der Waals surface area contributed by atoms with Crippen LogP contribution in [0.4, 0.5) is 10.5 Å². The number of benzene rings is 1. The molecule has 1 aromatic heterocycles. The predicted octanol–water partition coefficient (Wildman–Crippen LogP) is 3.45. The molecule has 2 rings (SSSR count). The number of hydrogen-bond acceptors (Lipinski definition) is 7. The lowest BCUT2D eigenvalue weighted by Crippen LogP contribution is -2.36. The second kappa shape index (κ2) is 10.7. The highest BCUT2D eigenvalue weighted by Gasteiger charge is 2.25. The minimum absolute atomic E-state index is 0.0642. The van der Waals surface area contributed by atoms with Crippen molar-refractivity contribution in [1.29, 1.82) is 0 Å². The van der Waals surface area contributed by atoms with Gasteiger partial charge in [-0.3, -0.25) is 4.98 Å². The van der Waals surface area contributed by atoms with E-state index in [1.165, 1.54) is 13.1 Å². The van der Waals surface area contributed by atoms with E-state index in [1.54, 1.807) is 7.05 Å². The predicted molar refractivity (Wildman–Crippen MR) is 125 cm³/mol. The number of hydrogen-bond donors (Lipinski definition) is 3. The van der Waals surface area contributed by atoms with E-state index < -0.39 is 16.1 Å². The zero-order chi connectivity index (χ0) is 24.1. The monoisotopic (exact) mass is 463 g/mol. The third-order valence-electron chi connectivity index (χ3n) is 4.80. The number of likely N-dealkylation sites (N-methyl/N-ethyl adjacent to an activating group) is 1. The Bertz CT molecular complexity index is 1040. The molecule has 9 nitrogen and oxygen atoms in total. The van der Waals surface area contributed by atoms with Crippen LogP contribution in [0, 0.1) is 13.8 Å². The summed E-state index contributed by atoms with van der Waals surface area (Å²) in [6.07, 6.45) is 1.35. The Morgan fingerprint density at radius 2 is 1.69 bits per heavy atom. The zero-order valence-electron chi connectivity index (χ0n) is 19.7. The van der Waals surface area contributed by atoms with Gasteiger partial charge in [0.2, 0.25) is 10.9 Å². The first-order chi connectivity index (χ1) is 15.0. The molecule has 0 unspecified atom stereocenters. The standard InChI is InChI=1S/C22H33N5O4S/c1-13(2)17-10-15(5)11-18(14(3)4)20(17)26-22(28)27-32(29,30)21-16(6)24-12-19(25-21)31-9-8-23-7/h10-14,23H,8-9H2,1-7H3,(H2,26,27,28). The van der Waals surface area contributed by atoms with E-state index in [4.69, 9.17) is 4.74 Å². The number of aromatic nitrogens is 2. The minimum Gasteiger partial charge on any atom is -0.475 e. The fourth-order valence-corrected chi connectivity index (χ4v) is 4.25. The number of nitrogens with one attached hydrogen (secondary N) is 3. The van der Waals surface area contributed by atoms with Crippen molar-refractivity contribution in [1.82, 2.24) is 20.0 Å². The van der Waals surface area contributed by atoms with Crippen molar-refractivity contribution in [2.75, 3.05) is 25.5 Å². The van der Waals surface area contributed by atoms with Gasteiger partial charge >= 0.3 is 6.03 Å². The maximum atomic E-state index is 12.9. The number of carbonyl (C=O) groups is 1. The zero-order valence-corrected chi connectivity index (χ0v) is 20.6. The Hall–Kier alpha value is -2.72. The van der Waals surface area contributed by atoms with Gasteiger partial charge in [-0.25, -0.2) is 9.52 Å². The normalized spacial score (nSPS) is 11.7. The Balaban J connectivity index is 2.31. The number of urea groups is 1. The van der Waals surface area contributed by atoms with Crippen LogP contribution in [0.15, 0.2) is 23.4 Å². The molecule has 10 heteroatoms. The number of rotatable bonds is 9. The van der Waals surface area contributed by atoms with Crippen LogP contribution in [0.1, 0.15) is 61.9 Å². The molecular weight excluding hydrogens is 430 g/mol. The van der Waals surface area contributed by atoms with Gasteiger partial charge in [0.05, 0.1) is 11.9 Å². The van der Waals surface area contributed by atoms with Crippen LogP contribution < -0.4 is 20.1 Å². The molecule has 0 bridgehead atoms. The molecule has 0 saturated heterocycles. The number of nitrogens with zero attached hydrogens (tertiary/aromatic N) is 2. The van der Waals surface area contributed by atoms with Crippen LogP contribution >= 0.6 is 0 Å². The van der Waals surface area contributed by atoms with Gasteiger partial charge in [-0.2, -0.15) is 13.4 Å². The third kappa shape index (κ3) is 6.39. The molecule has 0 radical (unpaired) electrons. The molecule has 0 saturated carbocycles. The van der Waals surface area contributed by atoms with Gasteiger partial charge in [-0.05, 0) is 43.9 Å². The quantitative estimate of drug-likeness (QED) is 0.487. The lowest BCUT2D eigenvalue weighted by atomic mass is 9.90. The summed E-state index contributed by atoms with van der Waals surface area (Å²) in [5, 5.41) is 5.31. The van der Waals surface area contributed by atoms with Crippen molar-refractivity contribution in [3.8, 4) is 5.88 Å². The van der Waals surface area contributed by atoms with Gasteiger partial charge in [0, 0.05) is 12.2 Å². The van der Waals surface area contributed by atoms with E-state index in [0.29, 0.717) is 18.8 Å². The van der Waals surface area contributed by atoms with E-state index in [1.807, 2.05) is 46.8 Å². The maximum Gasteiger partial charge on any atom is 0.333 e. The molecule has 0 aliphatic rings. The number of aryl methyl sites for hydroxylation is 2. The number of sulfonamides is 1. The number of anilines is 1. The summed E-state index contributed by atoms with van der Waals surface area (Å²) in [6, 6.07) is 3.14. The van der Waals surface area contributed by atoms with E-state index >= 15 is 0 Å². The van der Waals surface area contributed by atoms with Crippen molar-refractivity contribution in [2.45, 2.75) is 58.4 Å². The topological polar surface area (TPSA) is 122 Å². The number of amides is 2. The molecule has 2 amide bonds. The average molecular weight is 464 g/mol. The first-order valence-electron chi connectivity index (χ1n) is 10.6. The second-order valence-electron chi connectivity index (χ2n) is 8.24. The molecule has 32 heavy (non-hydrogen) atoms. The molecule has 2 aromatic rings. The average Bonchev–Trinajstić information content (AvgIpc) is 2.69. The summed E-state index contributed by atoms with van der Waals surface area (Å²) in [5.74, 6) is 0.340. The highest BCUT2D eigenvalue weighted by Crippen LogP contribution is 2.33. The molecule has 1 heterocycles. The Morgan fingerprint density at radius 3 is 2.22 bits per heavy atom. The largest absolute Gasteiger partial charge is 0.475 e. The van der Waals surface area contributed by atoms with Gasteiger partial charge in [0.1, 0.15) is 6.61 Å². The second-order valence-corrected chi connectivity index (χ2v) is 9.84. The molecule has 1 aromatic carbocycles. The van der Waals surface area contributed by atoms with E-state index in [2.05, 4.69) is 25.3 Å². The van der Waals surface area contributed by atoms with E-state index in [9.17, 15) is 13.2 Å². The molecule has 0 aliphatic heterocycles. The number of carbonyl (C=O) groups excluding carboxylic acids is 1. The van der Waals surface area contributed by atoms with Gasteiger partial charge in [0.25, 0.3) is 10.0 Å². The van der Waals surface area contributed by atoms with Crippen LogP contribution in [0.5, 0.6) is 5.88 Å². The van der Waals surface area contributed by atoms with Crippen molar-refractivity contribution >= 4 is 21.7 Å². The van der Waals surface area contributed by atoms with Crippen LogP contribution in [-0.2, 0) is 10.0 Å². The first-order valence-corrected chi connectivity index (χ1v) is 12.0. The first kappa shape index (κ1) is 25.5. The highest BCUT2D eigenvalue weighted by atomic mass is 32.2. The van der Waals surface area contributed by atoms with Crippen LogP contribution in [-0.4, -0.2) is 44.6 Å². The minimum atomic E-state index is -4.27. The van der Waals surface area contributed by atoms with Crippen molar-refractivity contribution < 1.29 is 17.9 Å². The molecule has 0 fully saturated rings. The summed E-state index contributed by atoms with van der Waals surface area (Å²) in [5.41, 5.74) is 3.75. The van der Waals surface area contributed by atoms with Crippen molar-refractivity contribution in [3.63, 3.8) is 0 Å². The third-order valence-corrected chi connectivity index (χ3v) is 6.15. The Labute approximate surface area is 190 Å². The molecule has 0 spiro atoms. The SMILES string of the molecule is CNCCOc1cnc(C)c(S(=O)(=O)NC(=O)Nc2c(C(C)C)cc(C)cc2C(C)C)n1. The van der Waals surface area contributed by atoms with Gasteiger partial charge in [-0.1, -0.05) is 45.4 Å². The van der Waals surface area contributed by atoms with Crippen molar-refractivity contribution in [3.05, 3.63) is 40.7 Å². The van der Waals surface area contributed by atoms with E-state index in [0.717, 1.165) is 16.7 Å². The molecule has 176 valence electrons. The Kier molecular flexibility index (Phi) is 8.57. The molecule has 3 N–H and O–H groups in total. The summed E-state index contributed by atoms with van der Waals surface area (Å²) < 4.78 is 33.2. The smallest absolute Gasteiger partial charge is 0.333 e. The maximum absolute atomic E-state index is 12.9. The Morgan fingerprint density at radius 1 is 1.09 bits per heavy atom. The molecular formula is C22H33N5O4S. The highest BCUT2D eigenvalue weighted by molar-refractivity contribution is 7.90. The van der Waals surface area contributed by atoms with Gasteiger partial charge in [0.15, 0.2) is 0 Å². The van der Waals surface area contributed by atoms with Crippen LogP contribution in [0.2, 0.25) is 0 Å². The van der Waals surface area contributed by atoms with Crippen LogP contribution in [0.3, 0.4) is 0 Å². The summed E-state index contributed by atoms with van der Waals surface area (Å²) in [7, 11) is -2.50. The lowest BCUT2D eigenvalue weighted by molar-refractivity contribution is 0.256. The summed E-state index contributed by atoms with van der Waals surface area (Å²) >= 11 is 0. The molecule has 0 atom stereocenters. The van der Waals surface area contributed by atoms with E-state index in [-0.39, 0.29) is 28.4 Å². The van der Waals surface area contributed by atoms with Gasteiger partial charge < -0.3 is 15.4 Å². The van der Waals surface area contributed by atoms with Gasteiger partial charge in [-0.15, -0.1) is 0 Å². The number of ether oxygens (including phenoxy) is 1. The fourth-order valence-electron chi connectivity index (χ4n) is 3.21. The fraction of sp³-hybridized carbons (Fsp3) is 0.500.